The number of aliphatic hydroxyl groups excluding tert-OH is 1. The summed E-state index contributed by atoms with van der Waals surface area (Å²) in [4.78, 5) is 5.05. The van der Waals surface area contributed by atoms with Gasteiger partial charge in [0.25, 0.3) is 0 Å². The first-order valence-corrected chi connectivity index (χ1v) is 7.32. The average Bonchev–Trinajstić information content (AvgIpc) is 2.60. The van der Waals surface area contributed by atoms with E-state index in [9.17, 15) is 5.11 Å². The quantitative estimate of drug-likeness (QED) is 0.454. The van der Waals surface area contributed by atoms with E-state index in [-0.39, 0.29) is 0 Å². The molecule has 1 aromatic heterocycles. The van der Waals surface area contributed by atoms with Gasteiger partial charge in [-0.15, -0.1) is 0 Å². The van der Waals surface area contributed by atoms with Gasteiger partial charge in [0.2, 0.25) is 0 Å². The lowest BCUT2D eigenvalue weighted by molar-refractivity contribution is -0.0176. The summed E-state index contributed by atoms with van der Waals surface area (Å²) in [5, 5.41) is 10.8. The minimum absolute atomic E-state index is 0.360. The van der Waals surface area contributed by atoms with Crippen LogP contribution in [-0.2, 0) is 4.74 Å². The Hall–Kier alpha value is -2.14. The number of pyridine rings is 1. The van der Waals surface area contributed by atoms with Gasteiger partial charge in [-0.3, -0.25) is 0 Å². The molecular weight excluding hydrogens is 294 g/mol. The van der Waals surface area contributed by atoms with E-state index < -0.39 is 6.29 Å². The lowest BCUT2D eigenvalue weighted by Gasteiger charge is -2.14. The van der Waals surface area contributed by atoms with E-state index in [1.165, 1.54) is 7.11 Å². The van der Waals surface area contributed by atoms with Crippen molar-refractivity contribution in [3.8, 4) is 11.3 Å². The zero-order valence-corrected chi connectivity index (χ0v) is 12.9. The first kappa shape index (κ1) is 14.8. The van der Waals surface area contributed by atoms with E-state index >= 15 is 0 Å². The number of benzene rings is 2. The van der Waals surface area contributed by atoms with Gasteiger partial charge in [0.05, 0.1) is 16.1 Å². The van der Waals surface area contributed by atoms with Gasteiger partial charge in [0, 0.05) is 23.6 Å². The SMILES string of the molecule is COC(O)C(=S)c1cc(-c2ccccc2)nc2ccccc12. The van der Waals surface area contributed by atoms with Crippen molar-refractivity contribution in [3.63, 3.8) is 0 Å². The number of hydrogen-bond donors (Lipinski definition) is 1. The summed E-state index contributed by atoms with van der Waals surface area (Å²) in [7, 11) is 1.43. The van der Waals surface area contributed by atoms with Crippen LogP contribution in [-0.4, -0.2) is 28.4 Å². The molecule has 110 valence electrons. The molecule has 4 heteroatoms. The van der Waals surface area contributed by atoms with Crippen molar-refractivity contribution in [2.75, 3.05) is 7.11 Å². The van der Waals surface area contributed by atoms with E-state index in [2.05, 4.69) is 0 Å². The molecule has 1 N–H and O–H groups in total. The van der Waals surface area contributed by atoms with Gasteiger partial charge in [-0.2, -0.15) is 0 Å². The van der Waals surface area contributed by atoms with Crippen molar-refractivity contribution in [2.45, 2.75) is 6.29 Å². The third kappa shape index (κ3) is 2.76. The smallest absolute Gasteiger partial charge is 0.191 e. The van der Waals surface area contributed by atoms with Crippen LogP contribution in [0.15, 0.2) is 60.7 Å². The topological polar surface area (TPSA) is 42.4 Å². The zero-order valence-electron chi connectivity index (χ0n) is 12.1. The Labute approximate surface area is 134 Å². The highest BCUT2D eigenvalue weighted by molar-refractivity contribution is 7.81. The molecule has 0 amide bonds. The molecule has 3 nitrogen and oxygen atoms in total. The summed E-state index contributed by atoms with van der Waals surface area (Å²) in [5.41, 5.74) is 3.43. The maximum atomic E-state index is 9.92. The largest absolute Gasteiger partial charge is 0.364 e. The number of ether oxygens (including phenoxy) is 1. The van der Waals surface area contributed by atoms with Crippen LogP contribution in [0, 0.1) is 0 Å². The molecule has 1 atom stereocenters. The molecule has 0 fully saturated rings. The molecule has 0 aliphatic rings. The summed E-state index contributed by atoms with van der Waals surface area (Å²) >= 11 is 5.38. The average molecular weight is 309 g/mol. The molecule has 0 bridgehead atoms. The van der Waals surface area contributed by atoms with Crippen LogP contribution < -0.4 is 0 Å². The van der Waals surface area contributed by atoms with Crippen molar-refractivity contribution in [1.29, 1.82) is 0 Å². The monoisotopic (exact) mass is 309 g/mol. The molecule has 0 aliphatic carbocycles. The molecule has 3 aromatic rings. The van der Waals surface area contributed by atoms with Gasteiger partial charge >= 0.3 is 0 Å². The summed E-state index contributed by atoms with van der Waals surface area (Å²) < 4.78 is 4.95. The van der Waals surface area contributed by atoms with Crippen LogP contribution in [0.2, 0.25) is 0 Å². The van der Waals surface area contributed by atoms with Crippen LogP contribution in [0.4, 0.5) is 0 Å². The predicted octanol–water partition coefficient (Wildman–Crippen LogP) is 3.58. The van der Waals surface area contributed by atoms with Gasteiger partial charge in [-0.25, -0.2) is 4.98 Å². The predicted molar refractivity (Wildman–Crippen MR) is 91.9 cm³/mol. The van der Waals surface area contributed by atoms with Crippen LogP contribution in [0.3, 0.4) is 0 Å². The number of hydrogen-bond acceptors (Lipinski definition) is 4. The van der Waals surface area contributed by atoms with Gasteiger partial charge < -0.3 is 9.84 Å². The summed E-state index contributed by atoms with van der Waals surface area (Å²) in [5.74, 6) is 0. The van der Waals surface area contributed by atoms with Crippen LogP contribution in [0.5, 0.6) is 0 Å². The van der Waals surface area contributed by atoms with Gasteiger partial charge in [0.15, 0.2) is 6.29 Å². The molecule has 0 saturated heterocycles. The maximum absolute atomic E-state index is 9.92. The Bertz CT molecular complexity index is 818. The van der Waals surface area contributed by atoms with Crippen molar-refractivity contribution in [1.82, 2.24) is 4.98 Å². The zero-order chi connectivity index (χ0) is 15.5. The molecule has 22 heavy (non-hydrogen) atoms. The number of fused-ring (bicyclic) bond motifs is 1. The standard InChI is InChI=1S/C18H15NO2S/c1-21-18(20)17(22)14-11-16(12-7-3-2-4-8-12)19-15-10-6-5-9-13(14)15/h2-11,18,20H,1H3. The number of thiocarbonyl (C=S) groups is 1. The fraction of sp³-hybridized carbons (Fsp3) is 0.111. The van der Waals surface area contributed by atoms with Gasteiger partial charge in [-0.05, 0) is 12.1 Å². The van der Waals surface area contributed by atoms with Gasteiger partial charge in [0.1, 0.15) is 0 Å². The second-order valence-electron chi connectivity index (χ2n) is 4.89. The molecule has 0 aliphatic heterocycles. The summed E-state index contributed by atoms with van der Waals surface area (Å²) in [6, 6.07) is 19.5. The van der Waals surface area contributed by atoms with Crippen LogP contribution in [0.1, 0.15) is 5.56 Å². The fourth-order valence-corrected chi connectivity index (χ4v) is 2.64. The van der Waals surface area contributed by atoms with Crippen molar-refractivity contribution >= 4 is 28.0 Å². The van der Waals surface area contributed by atoms with Crippen molar-refractivity contribution in [2.24, 2.45) is 0 Å². The number of aromatic nitrogens is 1. The number of nitrogens with zero attached hydrogens (tertiary/aromatic N) is 1. The molecule has 1 heterocycles. The molecular formula is C18H15NO2S. The van der Waals surface area contributed by atoms with Crippen molar-refractivity contribution in [3.05, 3.63) is 66.2 Å². The first-order chi connectivity index (χ1) is 10.7. The number of para-hydroxylation sites is 1. The third-order valence-electron chi connectivity index (χ3n) is 3.50. The number of aliphatic hydroxyl groups is 1. The molecule has 0 saturated carbocycles. The van der Waals surface area contributed by atoms with E-state index in [4.69, 9.17) is 21.9 Å². The number of rotatable bonds is 4. The van der Waals surface area contributed by atoms with E-state index in [0.717, 1.165) is 27.7 Å². The minimum atomic E-state index is -1.11. The van der Waals surface area contributed by atoms with E-state index in [0.29, 0.717) is 4.86 Å². The van der Waals surface area contributed by atoms with Crippen LogP contribution in [0.25, 0.3) is 22.2 Å². The lowest BCUT2D eigenvalue weighted by atomic mass is 10.0. The normalized spacial score (nSPS) is 12.3. The van der Waals surface area contributed by atoms with Crippen molar-refractivity contribution < 1.29 is 9.84 Å². The Morgan fingerprint density at radius 2 is 1.77 bits per heavy atom. The molecule has 0 spiro atoms. The Balaban J connectivity index is 2.23. The molecule has 0 radical (unpaired) electrons. The second-order valence-corrected chi connectivity index (χ2v) is 5.33. The highest BCUT2D eigenvalue weighted by Gasteiger charge is 2.16. The van der Waals surface area contributed by atoms with Gasteiger partial charge in [-0.1, -0.05) is 60.7 Å². The number of methoxy groups -OCH3 is 1. The Morgan fingerprint density at radius 3 is 2.50 bits per heavy atom. The first-order valence-electron chi connectivity index (χ1n) is 6.91. The fourth-order valence-electron chi connectivity index (χ4n) is 2.38. The summed E-state index contributed by atoms with van der Waals surface area (Å²) in [6.45, 7) is 0. The van der Waals surface area contributed by atoms with Crippen LogP contribution >= 0.6 is 12.2 Å². The van der Waals surface area contributed by atoms with E-state index in [1.54, 1.807) is 0 Å². The molecule has 2 aromatic carbocycles. The molecule has 3 rings (SSSR count). The Morgan fingerprint density at radius 1 is 1.09 bits per heavy atom. The second kappa shape index (κ2) is 6.32. The molecule has 1 unspecified atom stereocenters. The third-order valence-corrected chi connectivity index (χ3v) is 3.92. The summed E-state index contributed by atoms with van der Waals surface area (Å²) in [6.07, 6.45) is -1.11. The lowest BCUT2D eigenvalue weighted by Crippen LogP contribution is -2.21. The Kier molecular flexibility index (Phi) is 4.24. The minimum Gasteiger partial charge on any atom is -0.364 e. The van der Waals surface area contributed by atoms with E-state index in [1.807, 2.05) is 60.7 Å². The maximum Gasteiger partial charge on any atom is 0.191 e. The highest BCUT2D eigenvalue weighted by atomic mass is 32.1. The highest BCUT2D eigenvalue weighted by Crippen LogP contribution is 2.26.